The van der Waals surface area contributed by atoms with Gasteiger partial charge in [-0.2, -0.15) is 0 Å². The molecular formula is C17H23NO3S. The number of amides is 1. The van der Waals surface area contributed by atoms with Crippen LogP contribution >= 0.6 is 0 Å². The molecule has 1 saturated carbocycles. The van der Waals surface area contributed by atoms with E-state index in [0.29, 0.717) is 12.8 Å². The SMILES string of the molecule is CS(=O)(=O)CCCC(=O)N1CC2(CCCC2)c2ccccc21. The molecule has 0 N–H and O–H groups in total. The maximum atomic E-state index is 12.6. The Morgan fingerprint density at radius 2 is 1.91 bits per heavy atom. The molecule has 5 heteroatoms. The Bertz CT molecular complexity index is 675. The molecule has 0 unspecified atom stereocenters. The second-order valence-electron chi connectivity index (χ2n) is 6.72. The second kappa shape index (κ2) is 5.69. The molecule has 0 saturated heterocycles. The van der Waals surface area contributed by atoms with E-state index in [1.165, 1.54) is 24.7 Å². The van der Waals surface area contributed by atoms with E-state index in [4.69, 9.17) is 0 Å². The third kappa shape index (κ3) is 2.91. The smallest absolute Gasteiger partial charge is 0.227 e. The summed E-state index contributed by atoms with van der Waals surface area (Å²) in [4.78, 5) is 14.5. The summed E-state index contributed by atoms with van der Waals surface area (Å²) in [5, 5.41) is 0. The molecule has 1 aromatic rings. The molecule has 3 rings (SSSR count). The number of nitrogens with zero attached hydrogens (tertiary/aromatic N) is 1. The lowest BCUT2D eigenvalue weighted by atomic mass is 9.81. The van der Waals surface area contributed by atoms with Crippen molar-refractivity contribution < 1.29 is 13.2 Å². The Hall–Kier alpha value is -1.36. The fraction of sp³-hybridized carbons (Fsp3) is 0.588. The van der Waals surface area contributed by atoms with E-state index in [2.05, 4.69) is 12.1 Å². The molecule has 22 heavy (non-hydrogen) atoms. The van der Waals surface area contributed by atoms with Gasteiger partial charge in [-0.1, -0.05) is 31.0 Å². The van der Waals surface area contributed by atoms with Crippen LogP contribution < -0.4 is 4.90 Å². The molecule has 120 valence electrons. The van der Waals surface area contributed by atoms with Gasteiger partial charge in [0.1, 0.15) is 9.84 Å². The molecule has 2 aliphatic rings. The van der Waals surface area contributed by atoms with Crippen LogP contribution in [0, 0.1) is 0 Å². The normalized spacial score (nSPS) is 19.6. The highest BCUT2D eigenvalue weighted by Gasteiger charge is 2.45. The van der Waals surface area contributed by atoms with Gasteiger partial charge in [0.15, 0.2) is 0 Å². The number of hydrogen-bond donors (Lipinski definition) is 0. The van der Waals surface area contributed by atoms with Crippen LogP contribution in [0.3, 0.4) is 0 Å². The van der Waals surface area contributed by atoms with Crippen LogP contribution in [0.4, 0.5) is 5.69 Å². The number of carbonyl (C=O) groups is 1. The van der Waals surface area contributed by atoms with Gasteiger partial charge in [0, 0.05) is 30.3 Å². The Kier molecular flexibility index (Phi) is 4.02. The van der Waals surface area contributed by atoms with Gasteiger partial charge in [-0.3, -0.25) is 4.79 Å². The Balaban J connectivity index is 1.76. The van der Waals surface area contributed by atoms with Crippen molar-refractivity contribution in [3.63, 3.8) is 0 Å². The average Bonchev–Trinajstić information content (AvgIpc) is 3.05. The zero-order chi connectivity index (χ0) is 15.8. The first-order valence-electron chi connectivity index (χ1n) is 7.99. The van der Waals surface area contributed by atoms with Gasteiger partial charge in [0.25, 0.3) is 0 Å². The summed E-state index contributed by atoms with van der Waals surface area (Å²) in [6.45, 7) is 0.768. The molecule has 1 aromatic carbocycles. The Morgan fingerprint density at radius 3 is 2.59 bits per heavy atom. The van der Waals surface area contributed by atoms with Gasteiger partial charge in [-0.05, 0) is 30.9 Å². The molecule has 0 bridgehead atoms. The maximum Gasteiger partial charge on any atom is 0.227 e. The lowest BCUT2D eigenvalue weighted by molar-refractivity contribution is -0.118. The average molecular weight is 321 g/mol. The van der Waals surface area contributed by atoms with E-state index in [1.807, 2.05) is 17.0 Å². The van der Waals surface area contributed by atoms with Crippen LogP contribution in [-0.2, 0) is 20.0 Å². The fourth-order valence-corrected chi connectivity index (χ4v) is 4.62. The standard InChI is InChI=1S/C17H23NO3S/c1-22(20,21)12-6-9-16(19)18-13-17(10-4-5-11-17)14-7-2-3-8-15(14)18/h2-3,7-8H,4-6,9-13H2,1H3. The summed E-state index contributed by atoms with van der Waals surface area (Å²) in [5.41, 5.74) is 2.49. The van der Waals surface area contributed by atoms with E-state index in [9.17, 15) is 13.2 Å². The van der Waals surface area contributed by atoms with Crippen LogP contribution in [0.25, 0.3) is 0 Å². The number of anilines is 1. The number of carbonyl (C=O) groups excluding carboxylic acids is 1. The lowest BCUT2D eigenvalue weighted by Crippen LogP contribution is -2.35. The molecule has 1 aliphatic heterocycles. The topological polar surface area (TPSA) is 54.5 Å². The maximum absolute atomic E-state index is 12.6. The number of fused-ring (bicyclic) bond motifs is 2. The van der Waals surface area contributed by atoms with Crippen LogP contribution in [-0.4, -0.2) is 32.9 Å². The fourth-order valence-electron chi connectivity index (χ4n) is 3.95. The van der Waals surface area contributed by atoms with Crippen molar-refractivity contribution in [2.24, 2.45) is 0 Å². The van der Waals surface area contributed by atoms with E-state index in [-0.39, 0.29) is 17.1 Å². The highest BCUT2D eigenvalue weighted by molar-refractivity contribution is 7.90. The molecule has 1 fully saturated rings. The Labute approximate surface area is 132 Å². The highest BCUT2D eigenvalue weighted by atomic mass is 32.2. The van der Waals surface area contributed by atoms with Crippen LogP contribution in [0.15, 0.2) is 24.3 Å². The summed E-state index contributed by atoms with van der Waals surface area (Å²) in [6.07, 6.45) is 6.68. The van der Waals surface area contributed by atoms with E-state index in [0.717, 1.165) is 25.1 Å². The minimum Gasteiger partial charge on any atom is -0.311 e. The number of para-hydroxylation sites is 1. The van der Waals surface area contributed by atoms with E-state index in [1.54, 1.807) is 0 Å². The van der Waals surface area contributed by atoms with E-state index >= 15 is 0 Å². The van der Waals surface area contributed by atoms with Crippen molar-refractivity contribution in [2.45, 2.75) is 43.9 Å². The van der Waals surface area contributed by atoms with Crippen molar-refractivity contribution >= 4 is 21.4 Å². The third-order valence-electron chi connectivity index (χ3n) is 4.99. The summed E-state index contributed by atoms with van der Waals surface area (Å²) in [5.74, 6) is 0.138. The minimum atomic E-state index is -3.00. The molecule has 1 spiro atoms. The summed E-state index contributed by atoms with van der Waals surface area (Å²) < 4.78 is 22.4. The van der Waals surface area contributed by atoms with Gasteiger partial charge in [-0.15, -0.1) is 0 Å². The predicted molar refractivity (Wildman–Crippen MR) is 87.9 cm³/mol. The van der Waals surface area contributed by atoms with Crippen molar-refractivity contribution in [1.82, 2.24) is 0 Å². The number of benzene rings is 1. The van der Waals surface area contributed by atoms with Crippen LogP contribution in [0.2, 0.25) is 0 Å². The molecule has 1 amide bonds. The molecule has 4 nitrogen and oxygen atoms in total. The first kappa shape index (κ1) is 15.5. The highest BCUT2D eigenvalue weighted by Crippen LogP contribution is 2.50. The summed E-state index contributed by atoms with van der Waals surface area (Å²) >= 11 is 0. The van der Waals surface area contributed by atoms with Gasteiger partial charge in [-0.25, -0.2) is 8.42 Å². The predicted octanol–water partition coefficient (Wildman–Crippen LogP) is 2.67. The molecule has 0 atom stereocenters. The lowest BCUT2D eigenvalue weighted by Gasteiger charge is -2.24. The number of hydrogen-bond acceptors (Lipinski definition) is 3. The largest absolute Gasteiger partial charge is 0.311 e. The van der Waals surface area contributed by atoms with Crippen molar-refractivity contribution in [3.8, 4) is 0 Å². The first-order valence-corrected chi connectivity index (χ1v) is 10.0. The van der Waals surface area contributed by atoms with Crippen molar-refractivity contribution in [1.29, 1.82) is 0 Å². The zero-order valence-electron chi connectivity index (χ0n) is 13.0. The minimum absolute atomic E-state index is 0.0554. The van der Waals surface area contributed by atoms with Gasteiger partial charge >= 0.3 is 0 Å². The zero-order valence-corrected chi connectivity index (χ0v) is 13.9. The van der Waals surface area contributed by atoms with Crippen molar-refractivity contribution in [3.05, 3.63) is 29.8 Å². The summed E-state index contributed by atoms with van der Waals surface area (Å²) in [6, 6.07) is 8.21. The van der Waals surface area contributed by atoms with Crippen LogP contribution in [0.1, 0.15) is 44.1 Å². The summed E-state index contributed by atoms with van der Waals surface area (Å²) in [7, 11) is -3.00. The molecular weight excluding hydrogens is 298 g/mol. The molecule has 0 aromatic heterocycles. The van der Waals surface area contributed by atoms with Gasteiger partial charge in [0.05, 0.1) is 5.75 Å². The third-order valence-corrected chi connectivity index (χ3v) is 6.02. The number of sulfone groups is 1. The quantitative estimate of drug-likeness (QED) is 0.857. The molecule has 1 heterocycles. The van der Waals surface area contributed by atoms with Gasteiger partial charge < -0.3 is 4.90 Å². The second-order valence-corrected chi connectivity index (χ2v) is 8.98. The molecule has 0 radical (unpaired) electrons. The monoisotopic (exact) mass is 321 g/mol. The molecule has 1 aliphatic carbocycles. The van der Waals surface area contributed by atoms with E-state index < -0.39 is 9.84 Å². The first-order chi connectivity index (χ1) is 10.4. The number of rotatable bonds is 4. The van der Waals surface area contributed by atoms with Crippen LogP contribution in [0.5, 0.6) is 0 Å². The Morgan fingerprint density at radius 1 is 1.23 bits per heavy atom. The van der Waals surface area contributed by atoms with Gasteiger partial charge in [0.2, 0.25) is 5.91 Å². The van der Waals surface area contributed by atoms with Crippen molar-refractivity contribution in [2.75, 3.05) is 23.5 Å².